The summed E-state index contributed by atoms with van der Waals surface area (Å²) in [5.74, 6) is 1.86. The van der Waals surface area contributed by atoms with Crippen LogP contribution in [0.15, 0.2) is 47.1 Å². The second kappa shape index (κ2) is 17.6. The molecule has 0 bridgehead atoms. The summed E-state index contributed by atoms with van der Waals surface area (Å²) < 4.78 is 0. The van der Waals surface area contributed by atoms with Gasteiger partial charge in [0.1, 0.15) is 18.4 Å². The fraction of sp³-hybridized carbons (Fsp3) is 0.649. The van der Waals surface area contributed by atoms with Crippen molar-refractivity contribution in [3.63, 3.8) is 0 Å². The zero-order chi connectivity index (χ0) is 31.3. The van der Waals surface area contributed by atoms with Gasteiger partial charge in [-0.15, -0.1) is 0 Å². The lowest BCUT2D eigenvalue weighted by Crippen LogP contribution is -2.44. The first kappa shape index (κ1) is 35.7. The summed E-state index contributed by atoms with van der Waals surface area (Å²) in [5, 5.41) is 7.00. The summed E-state index contributed by atoms with van der Waals surface area (Å²) in [5.41, 5.74) is 6.86. The Labute approximate surface area is 255 Å². The molecule has 0 aromatic heterocycles. The number of ketones is 1. The molecule has 1 aromatic rings. The zero-order valence-corrected chi connectivity index (χ0v) is 27.5. The van der Waals surface area contributed by atoms with Crippen LogP contribution < -0.4 is 4.90 Å². The Bertz CT molecular complexity index is 1070. The summed E-state index contributed by atoms with van der Waals surface area (Å²) >= 11 is 0. The van der Waals surface area contributed by atoms with Crippen LogP contribution in [0.5, 0.6) is 0 Å². The highest BCUT2D eigenvalue weighted by Gasteiger charge is 2.57. The van der Waals surface area contributed by atoms with E-state index >= 15 is 0 Å². The Balaban J connectivity index is 0.00000148. The SMILES string of the molecule is CC.CCCC1=C2C(c3ccc(N(C)CCCCCC=O)cc3)CC3(C)C(C(C)=O)CCC3C2CC/C1=C/C=O.CO. The molecular formula is C37H57NO4. The molecule has 42 heavy (non-hydrogen) atoms. The first-order valence-electron chi connectivity index (χ1n) is 16.4. The lowest BCUT2D eigenvalue weighted by atomic mass is 9.52. The van der Waals surface area contributed by atoms with Crippen LogP contribution >= 0.6 is 0 Å². The number of unbranched alkanes of at least 4 members (excludes halogenated alkanes) is 3. The first-order valence-corrected chi connectivity index (χ1v) is 16.4. The smallest absolute Gasteiger partial charge is 0.143 e. The molecule has 0 heterocycles. The Morgan fingerprint density at radius 1 is 1.05 bits per heavy atom. The molecule has 5 nitrogen and oxygen atoms in total. The molecule has 1 N–H and O–H groups in total. The number of aliphatic hydroxyl groups is 1. The van der Waals surface area contributed by atoms with Gasteiger partial charge in [-0.3, -0.25) is 9.59 Å². The molecule has 3 aliphatic rings. The predicted octanol–water partition coefficient (Wildman–Crippen LogP) is 8.26. The van der Waals surface area contributed by atoms with Crippen LogP contribution in [0, 0.1) is 23.2 Å². The highest BCUT2D eigenvalue weighted by Crippen LogP contribution is 2.65. The number of hydrogen-bond donors (Lipinski definition) is 1. The summed E-state index contributed by atoms with van der Waals surface area (Å²) in [6.07, 6.45) is 14.9. The Morgan fingerprint density at radius 2 is 1.74 bits per heavy atom. The number of anilines is 1. The monoisotopic (exact) mass is 579 g/mol. The maximum absolute atomic E-state index is 12.8. The van der Waals surface area contributed by atoms with Crippen LogP contribution in [0.25, 0.3) is 0 Å². The molecule has 0 radical (unpaired) electrons. The van der Waals surface area contributed by atoms with E-state index in [4.69, 9.17) is 5.11 Å². The van der Waals surface area contributed by atoms with Gasteiger partial charge in [-0.25, -0.2) is 0 Å². The summed E-state index contributed by atoms with van der Waals surface area (Å²) in [7, 11) is 3.15. The molecular weight excluding hydrogens is 522 g/mol. The molecule has 2 fully saturated rings. The van der Waals surface area contributed by atoms with Crippen LogP contribution in [0.2, 0.25) is 0 Å². The largest absolute Gasteiger partial charge is 0.400 e. The molecule has 1 aromatic carbocycles. The topological polar surface area (TPSA) is 74.7 Å². The molecule has 5 atom stereocenters. The van der Waals surface area contributed by atoms with Crippen molar-refractivity contribution in [2.45, 2.75) is 111 Å². The summed E-state index contributed by atoms with van der Waals surface area (Å²) in [4.78, 5) is 37.2. The van der Waals surface area contributed by atoms with E-state index in [0.717, 1.165) is 90.4 Å². The second-order valence-corrected chi connectivity index (χ2v) is 12.3. The maximum Gasteiger partial charge on any atom is 0.143 e. The van der Waals surface area contributed by atoms with Crippen LogP contribution in [0.3, 0.4) is 0 Å². The molecule has 0 amide bonds. The van der Waals surface area contributed by atoms with E-state index in [9.17, 15) is 14.4 Å². The van der Waals surface area contributed by atoms with Crippen molar-refractivity contribution in [2.75, 3.05) is 25.6 Å². The number of aldehydes is 2. The number of allylic oxidation sites excluding steroid dienone is 4. The van der Waals surface area contributed by atoms with Crippen molar-refractivity contribution in [3.05, 3.63) is 52.6 Å². The van der Waals surface area contributed by atoms with Gasteiger partial charge in [-0.05, 0) is 110 Å². The Hall–Kier alpha value is -2.53. The highest BCUT2D eigenvalue weighted by molar-refractivity contribution is 5.80. The molecule has 0 spiro atoms. The molecule has 0 saturated heterocycles. The van der Waals surface area contributed by atoms with Crippen molar-refractivity contribution >= 4 is 24.0 Å². The third kappa shape index (κ3) is 7.89. The average molecular weight is 580 g/mol. The number of carbonyl (C=O) groups excluding carboxylic acids is 3. The summed E-state index contributed by atoms with van der Waals surface area (Å²) in [6.45, 7) is 11.4. The number of hydrogen-bond acceptors (Lipinski definition) is 5. The van der Waals surface area contributed by atoms with Crippen molar-refractivity contribution in [3.8, 4) is 0 Å². The molecule has 5 heteroatoms. The van der Waals surface area contributed by atoms with E-state index in [-0.39, 0.29) is 11.3 Å². The molecule has 5 unspecified atom stereocenters. The minimum Gasteiger partial charge on any atom is -0.400 e. The van der Waals surface area contributed by atoms with Gasteiger partial charge in [-0.2, -0.15) is 0 Å². The van der Waals surface area contributed by atoms with Gasteiger partial charge in [0, 0.05) is 44.6 Å². The number of rotatable bonds is 12. The van der Waals surface area contributed by atoms with E-state index in [0.29, 0.717) is 30.0 Å². The number of benzene rings is 1. The third-order valence-corrected chi connectivity index (χ3v) is 10.1. The van der Waals surface area contributed by atoms with Gasteiger partial charge < -0.3 is 14.8 Å². The van der Waals surface area contributed by atoms with Crippen LogP contribution in [-0.4, -0.2) is 44.2 Å². The van der Waals surface area contributed by atoms with E-state index in [1.54, 1.807) is 12.5 Å². The highest BCUT2D eigenvalue weighted by atomic mass is 16.2. The van der Waals surface area contributed by atoms with E-state index in [1.165, 1.54) is 22.4 Å². The maximum atomic E-state index is 12.8. The molecule has 2 saturated carbocycles. The van der Waals surface area contributed by atoms with E-state index < -0.39 is 0 Å². The first-order chi connectivity index (χ1) is 20.3. The number of nitrogens with zero attached hydrogens (tertiary/aromatic N) is 1. The number of aliphatic hydroxyl groups excluding tert-OH is 1. The van der Waals surface area contributed by atoms with Crippen molar-refractivity contribution in [1.82, 2.24) is 0 Å². The number of carbonyl (C=O) groups is 3. The van der Waals surface area contributed by atoms with Crippen molar-refractivity contribution < 1.29 is 19.5 Å². The third-order valence-electron chi connectivity index (χ3n) is 10.1. The van der Waals surface area contributed by atoms with Gasteiger partial charge in [0.25, 0.3) is 0 Å². The van der Waals surface area contributed by atoms with E-state index in [1.807, 2.05) is 19.9 Å². The lowest BCUT2D eigenvalue weighted by molar-refractivity contribution is -0.125. The predicted molar refractivity (Wildman–Crippen MR) is 175 cm³/mol. The molecule has 0 aliphatic heterocycles. The van der Waals surface area contributed by atoms with Gasteiger partial charge in [0.05, 0.1) is 0 Å². The zero-order valence-electron chi connectivity index (χ0n) is 27.5. The Kier molecular flexibility index (Phi) is 14.9. The van der Waals surface area contributed by atoms with Crippen molar-refractivity contribution in [2.24, 2.45) is 23.2 Å². The van der Waals surface area contributed by atoms with Crippen LogP contribution in [0.1, 0.15) is 117 Å². The normalized spacial score (nSPS) is 27.1. The van der Waals surface area contributed by atoms with Crippen LogP contribution in [-0.2, 0) is 14.4 Å². The van der Waals surface area contributed by atoms with Gasteiger partial charge in [0.15, 0.2) is 0 Å². The van der Waals surface area contributed by atoms with Gasteiger partial charge in [0.2, 0.25) is 0 Å². The minimum atomic E-state index is 0.0326. The lowest BCUT2D eigenvalue weighted by Gasteiger charge is -2.52. The number of Topliss-reactive ketones (excluding diaryl/α,β-unsaturated/α-hetero) is 1. The second-order valence-electron chi connectivity index (χ2n) is 12.3. The molecule has 3 aliphatic carbocycles. The molecule has 234 valence electrons. The minimum absolute atomic E-state index is 0.0326. The number of fused-ring (bicyclic) bond motifs is 3. The standard InChI is InChI=1S/C34H47NO3.C2H6.CH4O/c1-5-10-28-26(19-22-37)13-16-29-32-18-17-31(24(2)38)34(32,3)23-30(33(28)29)25-11-14-27(15-12-25)35(4)20-8-6-7-9-21-36;2*1-2/h11-12,14-15,19,21-22,29-32H,5-10,13,16-18,20,23H2,1-4H3;1-2H3;2H,1H3/b26-19-;;. The van der Waals surface area contributed by atoms with Crippen LogP contribution in [0.4, 0.5) is 5.69 Å². The fourth-order valence-corrected chi connectivity index (χ4v) is 8.31. The summed E-state index contributed by atoms with van der Waals surface area (Å²) in [6, 6.07) is 9.14. The van der Waals surface area contributed by atoms with E-state index in [2.05, 4.69) is 50.1 Å². The van der Waals surface area contributed by atoms with Gasteiger partial charge in [-0.1, -0.05) is 58.2 Å². The van der Waals surface area contributed by atoms with Gasteiger partial charge >= 0.3 is 0 Å². The average Bonchev–Trinajstić information content (AvgIpc) is 3.37. The van der Waals surface area contributed by atoms with Crippen molar-refractivity contribution in [1.29, 1.82) is 0 Å². The fourth-order valence-electron chi connectivity index (χ4n) is 8.31. The molecule has 4 rings (SSSR count). The Morgan fingerprint density at radius 3 is 2.33 bits per heavy atom. The quantitative estimate of drug-likeness (QED) is 0.153.